The minimum atomic E-state index is -0.484. The molecule has 0 saturated carbocycles. The number of halogens is 1. The fourth-order valence-electron chi connectivity index (χ4n) is 1.61. The summed E-state index contributed by atoms with van der Waals surface area (Å²) < 4.78 is 14.6. The van der Waals surface area contributed by atoms with Crippen LogP contribution in [-0.2, 0) is 7.05 Å². The van der Waals surface area contributed by atoms with E-state index < -0.39 is 11.4 Å². The van der Waals surface area contributed by atoms with E-state index in [0.29, 0.717) is 11.7 Å². The third-order valence-electron chi connectivity index (χ3n) is 2.34. The molecule has 1 heterocycles. The number of aldehydes is 1. The fraction of sp³-hybridized carbons (Fsp3) is 0.0909. The number of hydrogen-bond acceptors (Lipinski definition) is 2. The fourth-order valence-corrected chi connectivity index (χ4v) is 1.61. The first kappa shape index (κ1) is 9.58. The van der Waals surface area contributed by atoms with Gasteiger partial charge in [0.15, 0.2) is 6.29 Å². The Morgan fingerprint density at radius 3 is 2.80 bits per heavy atom. The van der Waals surface area contributed by atoms with Crippen LogP contribution >= 0.6 is 0 Å². The van der Waals surface area contributed by atoms with Crippen molar-refractivity contribution in [2.24, 2.45) is 7.05 Å². The second kappa shape index (κ2) is 3.31. The SMILES string of the molecule is Cn1c(=O)c(C=O)cc2cccc(F)c21. The minimum absolute atomic E-state index is 0.0376. The number of carbonyl (C=O) groups is 1. The summed E-state index contributed by atoms with van der Waals surface area (Å²) in [7, 11) is 1.45. The van der Waals surface area contributed by atoms with E-state index in [1.54, 1.807) is 6.07 Å². The molecule has 0 amide bonds. The van der Waals surface area contributed by atoms with Gasteiger partial charge in [-0.2, -0.15) is 0 Å². The Bertz CT molecular complexity index is 601. The molecule has 2 rings (SSSR count). The van der Waals surface area contributed by atoms with Crippen molar-refractivity contribution in [1.29, 1.82) is 0 Å². The maximum atomic E-state index is 13.4. The Balaban J connectivity index is 3.04. The summed E-state index contributed by atoms with van der Waals surface area (Å²) in [6.07, 6.45) is 0.479. The van der Waals surface area contributed by atoms with Crippen LogP contribution in [0.4, 0.5) is 4.39 Å². The largest absolute Gasteiger partial charge is 0.308 e. The number of aromatic nitrogens is 1. The maximum absolute atomic E-state index is 13.4. The van der Waals surface area contributed by atoms with Crippen LogP contribution in [0.1, 0.15) is 10.4 Å². The van der Waals surface area contributed by atoms with Crippen molar-refractivity contribution in [3.8, 4) is 0 Å². The van der Waals surface area contributed by atoms with Crippen LogP contribution in [0, 0.1) is 5.82 Å². The molecule has 2 aromatic rings. The van der Waals surface area contributed by atoms with Crippen molar-refractivity contribution in [2.45, 2.75) is 0 Å². The van der Waals surface area contributed by atoms with Gasteiger partial charge >= 0.3 is 0 Å². The standard InChI is InChI=1S/C11H8FNO2/c1-13-10-7(3-2-4-9(10)12)5-8(6-14)11(13)15/h2-6H,1H3. The third-order valence-corrected chi connectivity index (χ3v) is 2.34. The van der Waals surface area contributed by atoms with Gasteiger partial charge in [-0.25, -0.2) is 4.39 Å². The molecule has 0 aliphatic carbocycles. The molecule has 1 aromatic heterocycles. The molecular formula is C11H8FNO2. The molecule has 0 atom stereocenters. The Morgan fingerprint density at radius 1 is 1.40 bits per heavy atom. The smallest absolute Gasteiger partial charge is 0.261 e. The normalized spacial score (nSPS) is 10.5. The van der Waals surface area contributed by atoms with Crippen LogP contribution < -0.4 is 5.56 Å². The molecule has 0 N–H and O–H groups in total. The van der Waals surface area contributed by atoms with E-state index in [1.807, 2.05) is 0 Å². The summed E-state index contributed by atoms with van der Waals surface area (Å²) >= 11 is 0. The minimum Gasteiger partial charge on any atom is -0.308 e. The number of benzene rings is 1. The molecule has 0 spiro atoms. The molecule has 0 radical (unpaired) electrons. The van der Waals surface area contributed by atoms with Crippen LogP contribution in [0.5, 0.6) is 0 Å². The van der Waals surface area contributed by atoms with E-state index in [2.05, 4.69) is 0 Å². The Morgan fingerprint density at radius 2 is 2.13 bits per heavy atom. The zero-order valence-corrected chi connectivity index (χ0v) is 8.03. The van der Waals surface area contributed by atoms with Gasteiger partial charge in [-0.3, -0.25) is 9.59 Å². The molecule has 4 heteroatoms. The lowest BCUT2D eigenvalue weighted by molar-refractivity contribution is 0.112. The lowest BCUT2D eigenvalue weighted by Crippen LogP contribution is -2.21. The van der Waals surface area contributed by atoms with Gasteiger partial charge in [0.2, 0.25) is 0 Å². The van der Waals surface area contributed by atoms with Crippen molar-refractivity contribution in [3.05, 3.63) is 46.0 Å². The zero-order chi connectivity index (χ0) is 11.0. The number of rotatable bonds is 1. The number of carbonyl (C=O) groups excluding carboxylic acids is 1. The number of fused-ring (bicyclic) bond motifs is 1. The second-order valence-corrected chi connectivity index (χ2v) is 3.26. The van der Waals surface area contributed by atoms with Crippen molar-refractivity contribution in [3.63, 3.8) is 0 Å². The van der Waals surface area contributed by atoms with Gasteiger partial charge < -0.3 is 4.57 Å². The number of pyridine rings is 1. The van der Waals surface area contributed by atoms with Crippen molar-refractivity contribution in [2.75, 3.05) is 0 Å². The summed E-state index contributed by atoms with van der Waals surface area (Å²) in [5.74, 6) is -0.468. The van der Waals surface area contributed by atoms with Crippen LogP contribution in [0.3, 0.4) is 0 Å². The lowest BCUT2D eigenvalue weighted by atomic mass is 10.1. The molecule has 3 nitrogen and oxygen atoms in total. The Hall–Kier alpha value is -1.97. The predicted octanol–water partition coefficient (Wildman–Crippen LogP) is 1.49. The monoisotopic (exact) mass is 205 g/mol. The van der Waals surface area contributed by atoms with Crippen LogP contribution in [0.15, 0.2) is 29.1 Å². The highest BCUT2D eigenvalue weighted by Gasteiger charge is 2.08. The molecule has 0 aliphatic rings. The molecule has 15 heavy (non-hydrogen) atoms. The van der Waals surface area contributed by atoms with Gasteiger partial charge in [0.1, 0.15) is 5.82 Å². The Kier molecular flexibility index (Phi) is 2.11. The lowest BCUT2D eigenvalue weighted by Gasteiger charge is -2.06. The van der Waals surface area contributed by atoms with E-state index in [-0.39, 0.29) is 11.1 Å². The van der Waals surface area contributed by atoms with Crippen LogP contribution in [0.25, 0.3) is 10.9 Å². The molecule has 1 aromatic carbocycles. The van der Waals surface area contributed by atoms with Gasteiger partial charge in [0.25, 0.3) is 5.56 Å². The van der Waals surface area contributed by atoms with Crippen LogP contribution in [-0.4, -0.2) is 10.9 Å². The van der Waals surface area contributed by atoms with Gasteiger partial charge in [-0.15, -0.1) is 0 Å². The van der Waals surface area contributed by atoms with Gasteiger partial charge in [0, 0.05) is 12.4 Å². The topological polar surface area (TPSA) is 39.1 Å². The van der Waals surface area contributed by atoms with Crippen molar-refractivity contribution >= 4 is 17.2 Å². The number of aryl methyl sites for hydroxylation is 1. The van der Waals surface area contributed by atoms with Gasteiger partial charge in [-0.05, 0) is 12.1 Å². The summed E-state index contributed by atoms with van der Waals surface area (Å²) in [5.41, 5.74) is -0.230. The molecule has 0 unspecified atom stereocenters. The van der Waals surface area contributed by atoms with E-state index >= 15 is 0 Å². The highest BCUT2D eigenvalue weighted by Crippen LogP contribution is 2.15. The Labute approximate surface area is 84.8 Å². The predicted molar refractivity (Wildman–Crippen MR) is 54.5 cm³/mol. The average Bonchev–Trinajstić information content (AvgIpc) is 2.23. The first-order valence-corrected chi connectivity index (χ1v) is 4.38. The first-order valence-electron chi connectivity index (χ1n) is 4.38. The van der Waals surface area contributed by atoms with Crippen molar-refractivity contribution < 1.29 is 9.18 Å². The van der Waals surface area contributed by atoms with E-state index in [4.69, 9.17) is 0 Å². The highest BCUT2D eigenvalue weighted by molar-refractivity contribution is 5.86. The van der Waals surface area contributed by atoms with Gasteiger partial charge in [0.05, 0.1) is 11.1 Å². The van der Waals surface area contributed by atoms with E-state index in [0.717, 1.165) is 4.57 Å². The molecule has 0 aliphatic heterocycles. The van der Waals surface area contributed by atoms with Crippen molar-refractivity contribution in [1.82, 2.24) is 4.57 Å². The summed E-state index contributed by atoms with van der Waals surface area (Å²) in [6, 6.07) is 5.87. The summed E-state index contributed by atoms with van der Waals surface area (Å²) in [5, 5.41) is 0.541. The quantitative estimate of drug-likeness (QED) is 0.661. The summed E-state index contributed by atoms with van der Waals surface area (Å²) in [4.78, 5) is 22.1. The number of para-hydroxylation sites is 1. The molecule has 0 saturated heterocycles. The van der Waals surface area contributed by atoms with Crippen LogP contribution in [0.2, 0.25) is 0 Å². The van der Waals surface area contributed by atoms with Gasteiger partial charge in [-0.1, -0.05) is 12.1 Å². The molecule has 0 fully saturated rings. The zero-order valence-electron chi connectivity index (χ0n) is 8.03. The molecule has 0 bridgehead atoms. The van der Waals surface area contributed by atoms with E-state index in [9.17, 15) is 14.0 Å². The third kappa shape index (κ3) is 1.34. The molecule has 76 valence electrons. The number of nitrogens with zero attached hydrogens (tertiary/aromatic N) is 1. The number of hydrogen-bond donors (Lipinski definition) is 0. The average molecular weight is 205 g/mol. The summed E-state index contributed by atoms with van der Waals surface area (Å²) in [6.45, 7) is 0. The second-order valence-electron chi connectivity index (χ2n) is 3.26. The van der Waals surface area contributed by atoms with E-state index in [1.165, 1.54) is 25.2 Å². The molecular weight excluding hydrogens is 197 g/mol. The highest BCUT2D eigenvalue weighted by atomic mass is 19.1. The maximum Gasteiger partial charge on any atom is 0.261 e. The first-order chi connectivity index (χ1) is 7.15.